The number of nitrogens with one attached hydrogen (secondary N) is 3. The molecular formula is C23H21ClFN3O2. The van der Waals surface area contributed by atoms with Crippen molar-refractivity contribution in [1.29, 1.82) is 0 Å². The molecule has 3 aromatic carbocycles. The van der Waals surface area contributed by atoms with Gasteiger partial charge in [0.25, 0.3) is 0 Å². The number of carbonyl (C=O) groups excluding carboxylic acids is 2. The van der Waals surface area contributed by atoms with Crippen LogP contribution in [0.2, 0.25) is 5.02 Å². The molecule has 3 N–H and O–H groups in total. The highest BCUT2D eigenvalue weighted by Gasteiger charge is 2.06. The van der Waals surface area contributed by atoms with Gasteiger partial charge in [0.1, 0.15) is 5.82 Å². The number of halogens is 2. The van der Waals surface area contributed by atoms with Crippen LogP contribution in [0.5, 0.6) is 0 Å². The van der Waals surface area contributed by atoms with E-state index in [1.807, 2.05) is 30.3 Å². The molecule has 0 fully saturated rings. The minimum Gasteiger partial charge on any atom is -0.376 e. The predicted octanol–water partition coefficient (Wildman–Crippen LogP) is 5.10. The average Bonchev–Trinajstić information content (AvgIpc) is 2.75. The van der Waals surface area contributed by atoms with Gasteiger partial charge in [-0.05, 0) is 54.4 Å². The third-order valence-corrected chi connectivity index (χ3v) is 4.60. The molecule has 0 bridgehead atoms. The Morgan fingerprint density at radius 2 is 1.43 bits per heavy atom. The van der Waals surface area contributed by atoms with E-state index >= 15 is 0 Å². The molecule has 0 aliphatic carbocycles. The summed E-state index contributed by atoms with van der Waals surface area (Å²) in [5, 5.41) is 8.43. The highest BCUT2D eigenvalue weighted by atomic mass is 35.5. The summed E-state index contributed by atoms with van der Waals surface area (Å²) in [6, 6.07) is 20.9. The van der Waals surface area contributed by atoms with E-state index in [9.17, 15) is 14.0 Å². The smallest absolute Gasteiger partial charge is 0.243 e. The molecule has 0 aliphatic heterocycles. The lowest BCUT2D eigenvalue weighted by molar-refractivity contribution is -0.116. The third kappa shape index (κ3) is 6.60. The number of anilines is 3. The first kappa shape index (κ1) is 21.3. The van der Waals surface area contributed by atoms with E-state index in [2.05, 4.69) is 16.0 Å². The first-order valence-corrected chi connectivity index (χ1v) is 9.80. The van der Waals surface area contributed by atoms with Crippen LogP contribution >= 0.6 is 11.6 Å². The molecule has 0 atom stereocenters. The molecule has 0 radical (unpaired) electrons. The van der Waals surface area contributed by atoms with E-state index in [-0.39, 0.29) is 23.4 Å². The number of carbonyl (C=O) groups is 2. The lowest BCUT2D eigenvalue weighted by Gasteiger charge is -2.10. The standard InChI is InChI=1S/C23H21ClFN3O2/c24-20-14-19(11-12-21(20)25)28-23(30)15-26-17-7-9-18(10-8-17)27-22(29)13-6-16-4-2-1-3-5-16/h1-5,7-12,14,26H,6,13,15H2,(H,27,29)(H,28,30). The van der Waals surface area contributed by atoms with Gasteiger partial charge in [0, 0.05) is 23.5 Å². The van der Waals surface area contributed by atoms with E-state index in [0.29, 0.717) is 24.2 Å². The van der Waals surface area contributed by atoms with Crippen molar-refractivity contribution >= 4 is 40.5 Å². The maximum atomic E-state index is 13.2. The first-order chi connectivity index (χ1) is 14.5. The van der Waals surface area contributed by atoms with Crippen molar-refractivity contribution in [2.45, 2.75) is 12.8 Å². The minimum absolute atomic E-state index is 0.0256. The maximum absolute atomic E-state index is 13.2. The fraction of sp³-hybridized carbons (Fsp3) is 0.130. The van der Waals surface area contributed by atoms with Crippen molar-refractivity contribution in [2.75, 3.05) is 22.5 Å². The summed E-state index contributed by atoms with van der Waals surface area (Å²) in [5.74, 6) is -0.895. The molecule has 0 saturated carbocycles. The number of rotatable bonds is 8. The molecule has 2 amide bonds. The second-order valence-electron chi connectivity index (χ2n) is 6.64. The fourth-order valence-corrected chi connectivity index (χ4v) is 2.94. The first-order valence-electron chi connectivity index (χ1n) is 9.42. The van der Waals surface area contributed by atoms with Crippen molar-refractivity contribution in [3.8, 4) is 0 Å². The van der Waals surface area contributed by atoms with Gasteiger partial charge in [0.05, 0.1) is 11.6 Å². The highest BCUT2D eigenvalue weighted by Crippen LogP contribution is 2.19. The van der Waals surface area contributed by atoms with Crippen LogP contribution in [0.25, 0.3) is 0 Å². The number of amides is 2. The number of hydrogen-bond acceptors (Lipinski definition) is 3. The van der Waals surface area contributed by atoms with Crippen LogP contribution < -0.4 is 16.0 Å². The number of hydrogen-bond donors (Lipinski definition) is 3. The normalized spacial score (nSPS) is 10.3. The molecule has 7 heteroatoms. The quantitative estimate of drug-likeness (QED) is 0.470. The summed E-state index contributed by atoms with van der Waals surface area (Å²) in [7, 11) is 0. The average molecular weight is 426 g/mol. The van der Waals surface area contributed by atoms with E-state index in [4.69, 9.17) is 11.6 Å². The topological polar surface area (TPSA) is 70.2 Å². The van der Waals surface area contributed by atoms with Gasteiger partial charge in [-0.25, -0.2) is 4.39 Å². The Labute approximate surface area is 179 Å². The van der Waals surface area contributed by atoms with Crippen molar-refractivity contribution in [3.05, 3.63) is 89.2 Å². The monoisotopic (exact) mass is 425 g/mol. The van der Waals surface area contributed by atoms with Gasteiger partial charge in [-0.2, -0.15) is 0 Å². The molecular weight excluding hydrogens is 405 g/mol. The van der Waals surface area contributed by atoms with Crippen LogP contribution in [0, 0.1) is 5.82 Å². The van der Waals surface area contributed by atoms with Crippen molar-refractivity contribution in [1.82, 2.24) is 0 Å². The van der Waals surface area contributed by atoms with Crippen LogP contribution in [0.1, 0.15) is 12.0 Å². The highest BCUT2D eigenvalue weighted by molar-refractivity contribution is 6.31. The zero-order valence-corrected chi connectivity index (χ0v) is 16.9. The molecule has 0 unspecified atom stereocenters. The summed E-state index contributed by atoms with van der Waals surface area (Å²) in [6.45, 7) is 0.0256. The van der Waals surface area contributed by atoms with Crippen LogP contribution in [0.4, 0.5) is 21.5 Å². The Hall–Kier alpha value is -3.38. The molecule has 3 rings (SSSR count). The molecule has 0 aromatic heterocycles. The van der Waals surface area contributed by atoms with Gasteiger partial charge < -0.3 is 16.0 Å². The van der Waals surface area contributed by atoms with Crippen LogP contribution in [-0.2, 0) is 16.0 Å². The zero-order valence-electron chi connectivity index (χ0n) is 16.1. The molecule has 0 aliphatic rings. The van der Waals surface area contributed by atoms with E-state index < -0.39 is 5.82 Å². The van der Waals surface area contributed by atoms with Gasteiger partial charge in [0.2, 0.25) is 11.8 Å². The lowest BCUT2D eigenvalue weighted by atomic mass is 10.1. The Kier molecular flexibility index (Phi) is 7.40. The van der Waals surface area contributed by atoms with Crippen LogP contribution in [0.15, 0.2) is 72.8 Å². The Bertz CT molecular complexity index is 1010. The molecule has 30 heavy (non-hydrogen) atoms. The van der Waals surface area contributed by atoms with E-state index in [1.165, 1.54) is 18.2 Å². The second kappa shape index (κ2) is 10.4. The summed E-state index contributed by atoms with van der Waals surface area (Å²) >= 11 is 5.70. The van der Waals surface area contributed by atoms with Crippen molar-refractivity contribution in [3.63, 3.8) is 0 Å². The molecule has 154 valence electrons. The number of aryl methyl sites for hydroxylation is 1. The lowest BCUT2D eigenvalue weighted by Crippen LogP contribution is -2.21. The summed E-state index contributed by atoms with van der Waals surface area (Å²) < 4.78 is 13.2. The van der Waals surface area contributed by atoms with E-state index in [0.717, 1.165) is 11.3 Å². The zero-order chi connectivity index (χ0) is 21.3. The molecule has 5 nitrogen and oxygen atoms in total. The molecule has 3 aromatic rings. The van der Waals surface area contributed by atoms with Gasteiger partial charge >= 0.3 is 0 Å². The van der Waals surface area contributed by atoms with E-state index in [1.54, 1.807) is 24.3 Å². The summed E-state index contributed by atoms with van der Waals surface area (Å²) in [5.41, 5.74) is 2.95. The second-order valence-corrected chi connectivity index (χ2v) is 7.05. The maximum Gasteiger partial charge on any atom is 0.243 e. The summed E-state index contributed by atoms with van der Waals surface area (Å²) in [6.07, 6.45) is 1.08. The molecule has 0 saturated heterocycles. The predicted molar refractivity (Wildman–Crippen MR) is 118 cm³/mol. The Balaban J connectivity index is 1.43. The van der Waals surface area contributed by atoms with Gasteiger partial charge in [0.15, 0.2) is 0 Å². The molecule has 0 spiro atoms. The largest absolute Gasteiger partial charge is 0.376 e. The SMILES string of the molecule is O=C(CCc1ccccc1)Nc1ccc(NCC(=O)Nc2ccc(F)c(Cl)c2)cc1. The summed E-state index contributed by atoms with van der Waals surface area (Å²) in [4.78, 5) is 24.1. The fourth-order valence-electron chi connectivity index (χ4n) is 2.76. The third-order valence-electron chi connectivity index (χ3n) is 4.31. The van der Waals surface area contributed by atoms with Gasteiger partial charge in [-0.15, -0.1) is 0 Å². The Morgan fingerprint density at radius 3 is 2.13 bits per heavy atom. The minimum atomic E-state index is -0.542. The number of benzene rings is 3. The van der Waals surface area contributed by atoms with Crippen LogP contribution in [0.3, 0.4) is 0 Å². The van der Waals surface area contributed by atoms with Gasteiger partial charge in [-0.1, -0.05) is 41.9 Å². The van der Waals surface area contributed by atoms with Crippen LogP contribution in [-0.4, -0.2) is 18.4 Å². The Morgan fingerprint density at radius 1 is 0.800 bits per heavy atom. The van der Waals surface area contributed by atoms with Crippen molar-refractivity contribution in [2.24, 2.45) is 0 Å². The molecule has 0 heterocycles. The van der Waals surface area contributed by atoms with Gasteiger partial charge in [-0.3, -0.25) is 9.59 Å². The van der Waals surface area contributed by atoms with Crippen molar-refractivity contribution < 1.29 is 14.0 Å².